The third kappa shape index (κ3) is 4.84. The summed E-state index contributed by atoms with van der Waals surface area (Å²) < 4.78 is 35.8. The Morgan fingerprint density at radius 2 is 1.73 bits per heavy atom. The van der Waals surface area contributed by atoms with Crippen LogP contribution in [-0.2, 0) is 6.54 Å². The van der Waals surface area contributed by atoms with Gasteiger partial charge in [-0.15, -0.1) is 0 Å². The average Bonchev–Trinajstić information content (AvgIpc) is 3.29. The third-order valence-electron chi connectivity index (χ3n) is 7.16. The first kappa shape index (κ1) is 23.3. The molecule has 2 aliphatic heterocycles. The highest BCUT2D eigenvalue weighted by Gasteiger charge is 2.19. The van der Waals surface area contributed by atoms with E-state index in [-0.39, 0.29) is 11.4 Å². The second kappa shape index (κ2) is 9.77. The van der Waals surface area contributed by atoms with Gasteiger partial charge in [-0.1, -0.05) is 42.8 Å². The van der Waals surface area contributed by atoms with E-state index in [0.29, 0.717) is 17.9 Å². The SMILES string of the molecule is Cc1cc(OCC2CCC2)ccc1-c1ccc(Cn2ccc3nc(-c4cccc(F)c4F)nc-3c2)cc1. The molecule has 0 amide bonds. The zero-order valence-corrected chi connectivity index (χ0v) is 20.6. The predicted molar refractivity (Wildman–Crippen MR) is 141 cm³/mol. The van der Waals surface area contributed by atoms with Crippen LogP contribution in [0.1, 0.15) is 30.4 Å². The predicted octanol–water partition coefficient (Wildman–Crippen LogP) is 7.53. The van der Waals surface area contributed by atoms with Crippen molar-refractivity contribution in [3.63, 3.8) is 0 Å². The summed E-state index contributed by atoms with van der Waals surface area (Å²) in [4.78, 5) is 8.82. The van der Waals surface area contributed by atoms with Gasteiger partial charge >= 0.3 is 0 Å². The number of fused-ring (bicyclic) bond motifs is 1. The molecule has 37 heavy (non-hydrogen) atoms. The Morgan fingerprint density at radius 1 is 0.919 bits per heavy atom. The summed E-state index contributed by atoms with van der Waals surface area (Å²) in [6.07, 6.45) is 7.69. The van der Waals surface area contributed by atoms with Gasteiger partial charge in [-0.2, -0.15) is 0 Å². The first-order valence-electron chi connectivity index (χ1n) is 12.6. The maximum atomic E-state index is 14.2. The Bertz CT molecular complexity index is 1520. The molecular weight excluding hydrogens is 468 g/mol. The summed E-state index contributed by atoms with van der Waals surface area (Å²) in [6, 6.07) is 20.7. The van der Waals surface area contributed by atoms with Gasteiger partial charge in [-0.25, -0.2) is 18.7 Å². The number of rotatable bonds is 7. The summed E-state index contributed by atoms with van der Waals surface area (Å²) in [7, 11) is 0. The van der Waals surface area contributed by atoms with Crippen LogP contribution in [0.25, 0.3) is 33.9 Å². The molecule has 0 N–H and O–H groups in total. The van der Waals surface area contributed by atoms with Crippen molar-refractivity contribution in [3.8, 4) is 39.7 Å². The molecule has 3 aliphatic rings. The molecule has 2 heterocycles. The Hall–Kier alpha value is -4.06. The molecular formula is C31H27F2N3O. The molecule has 186 valence electrons. The van der Waals surface area contributed by atoms with Crippen molar-refractivity contribution in [2.24, 2.45) is 5.92 Å². The second-order valence-corrected chi connectivity index (χ2v) is 9.82. The third-order valence-corrected chi connectivity index (χ3v) is 7.16. The van der Waals surface area contributed by atoms with E-state index in [1.165, 1.54) is 42.5 Å². The van der Waals surface area contributed by atoms with Gasteiger partial charge < -0.3 is 9.30 Å². The van der Waals surface area contributed by atoms with E-state index in [2.05, 4.69) is 59.4 Å². The highest BCUT2D eigenvalue weighted by Crippen LogP contribution is 2.31. The lowest BCUT2D eigenvalue weighted by Gasteiger charge is -2.25. The van der Waals surface area contributed by atoms with Crippen LogP contribution in [0, 0.1) is 24.5 Å². The van der Waals surface area contributed by atoms with E-state index >= 15 is 0 Å². The normalized spacial score (nSPS) is 13.6. The molecule has 0 radical (unpaired) electrons. The Balaban J connectivity index is 1.16. The Kier molecular flexibility index (Phi) is 6.16. The van der Waals surface area contributed by atoms with Crippen molar-refractivity contribution in [2.45, 2.75) is 32.7 Å². The van der Waals surface area contributed by atoms with Crippen molar-refractivity contribution in [2.75, 3.05) is 6.61 Å². The van der Waals surface area contributed by atoms with E-state index in [1.54, 1.807) is 0 Å². The van der Waals surface area contributed by atoms with Crippen molar-refractivity contribution < 1.29 is 13.5 Å². The molecule has 0 saturated heterocycles. The fourth-order valence-corrected chi connectivity index (χ4v) is 4.77. The Labute approximate surface area is 214 Å². The van der Waals surface area contributed by atoms with Crippen molar-refractivity contribution in [3.05, 3.63) is 102 Å². The van der Waals surface area contributed by atoms with Gasteiger partial charge in [-0.05, 0) is 78.3 Å². The molecule has 0 bridgehead atoms. The molecule has 4 nitrogen and oxygen atoms in total. The summed E-state index contributed by atoms with van der Waals surface area (Å²) in [5.41, 5.74) is 6.03. The first-order chi connectivity index (χ1) is 18.0. The molecule has 1 aliphatic carbocycles. The molecule has 0 atom stereocenters. The zero-order chi connectivity index (χ0) is 25.4. The maximum absolute atomic E-state index is 14.2. The standard InChI is InChI=1S/C31H27F2N3O/c1-20-16-24(37-19-22-4-2-5-22)12-13-25(20)23-10-8-21(9-11-23)17-36-15-14-28-29(18-36)35-31(34-28)26-6-3-7-27(32)30(26)33/h3,6-16,18,22H,2,4-5,17,19H2,1H3. The number of aryl methyl sites for hydroxylation is 1. The second-order valence-electron chi connectivity index (χ2n) is 9.82. The fourth-order valence-electron chi connectivity index (χ4n) is 4.77. The van der Waals surface area contributed by atoms with Gasteiger partial charge in [-0.3, -0.25) is 0 Å². The number of hydrogen-bond acceptors (Lipinski definition) is 3. The van der Waals surface area contributed by atoms with Crippen LogP contribution in [-0.4, -0.2) is 21.1 Å². The van der Waals surface area contributed by atoms with E-state index < -0.39 is 11.6 Å². The number of halogens is 2. The van der Waals surface area contributed by atoms with E-state index in [0.717, 1.165) is 35.5 Å². The molecule has 1 saturated carbocycles. The van der Waals surface area contributed by atoms with Gasteiger partial charge in [0.25, 0.3) is 0 Å². The van der Waals surface area contributed by atoms with Crippen LogP contribution in [0.3, 0.4) is 0 Å². The molecule has 6 rings (SSSR count). The molecule has 0 aromatic heterocycles. The van der Waals surface area contributed by atoms with Gasteiger partial charge in [0.15, 0.2) is 17.5 Å². The summed E-state index contributed by atoms with van der Waals surface area (Å²) in [5.74, 6) is 0.000254. The minimum absolute atomic E-state index is 0.0617. The van der Waals surface area contributed by atoms with Gasteiger partial charge in [0.2, 0.25) is 0 Å². The van der Waals surface area contributed by atoms with Crippen molar-refractivity contribution in [1.29, 1.82) is 0 Å². The molecule has 3 aromatic rings. The zero-order valence-electron chi connectivity index (χ0n) is 20.6. The molecule has 1 fully saturated rings. The molecule has 6 heteroatoms. The number of imidazole rings is 1. The largest absolute Gasteiger partial charge is 0.493 e. The fraction of sp³-hybridized carbons (Fsp3) is 0.226. The monoisotopic (exact) mass is 495 g/mol. The number of nitrogens with zero attached hydrogens (tertiary/aromatic N) is 3. The van der Waals surface area contributed by atoms with E-state index in [1.807, 2.05) is 23.0 Å². The lowest BCUT2D eigenvalue weighted by molar-refractivity contribution is 0.180. The molecule has 0 unspecified atom stereocenters. The highest BCUT2D eigenvalue weighted by molar-refractivity contribution is 5.68. The van der Waals surface area contributed by atoms with Crippen LogP contribution < -0.4 is 4.74 Å². The van der Waals surface area contributed by atoms with Crippen LogP contribution in [0.2, 0.25) is 0 Å². The highest BCUT2D eigenvalue weighted by atomic mass is 19.2. The number of aromatic nitrogens is 3. The molecule has 3 aromatic carbocycles. The van der Waals surface area contributed by atoms with Gasteiger partial charge in [0, 0.05) is 18.9 Å². The number of ether oxygens (including phenoxy) is 1. The van der Waals surface area contributed by atoms with Crippen molar-refractivity contribution >= 4 is 0 Å². The van der Waals surface area contributed by atoms with Crippen LogP contribution in [0.5, 0.6) is 5.75 Å². The summed E-state index contributed by atoms with van der Waals surface area (Å²) in [5, 5.41) is 0. The Morgan fingerprint density at radius 3 is 2.49 bits per heavy atom. The summed E-state index contributed by atoms with van der Waals surface area (Å²) >= 11 is 0. The van der Waals surface area contributed by atoms with E-state index in [9.17, 15) is 8.78 Å². The van der Waals surface area contributed by atoms with Crippen LogP contribution in [0.4, 0.5) is 8.78 Å². The van der Waals surface area contributed by atoms with Crippen molar-refractivity contribution in [1.82, 2.24) is 14.5 Å². The smallest absolute Gasteiger partial charge is 0.169 e. The lowest BCUT2D eigenvalue weighted by Crippen LogP contribution is -2.19. The minimum atomic E-state index is -0.933. The minimum Gasteiger partial charge on any atom is -0.493 e. The van der Waals surface area contributed by atoms with E-state index in [4.69, 9.17) is 4.74 Å². The number of pyridine rings is 1. The number of hydrogen-bond donors (Lipinski definition) is 0. The van der Waals surface area contributed by atoms with Gasteiger partial charge in [0.1, 0.15) is 11.4 Å². The first-order valence-corrected chi connectivity index (χ1v) is 12.6. The van der Waals surface area contributed by atoms with Gasteiger partial charge in [0.05, 0.1) is 17.9 Å². The number of benzene rings is 3. The maximum Gasteiger partial charge on any atom is 0.169 e. The quantitative estimate of drug-likeness (QED) is 0.234. The molecule has 0 spiro atoms. The lowest BCUT2D eigenvalue weighted by atomic mass is 9.86. The van der Waals surface area contributed by atoms with Crippen LogP contribution >= 0.6 is 0 Å². The topological polar surface area (TPSA) is 39.9 Å². The average molecular weight is 496 g/mol. The summed E-state index contributed by atoms with van der Waals surface area (Å²) in [6.45, 7) is 3.59. The van der Waals surface area contributed by atoms with Crippen LogP contribution in [0.15, 0.2) is 79.1 Å².